The van der Waals surface area contributed by atoms with Crippen LogP contribution in [0.5, 0.6) is 0 Å². The van der Waals surface area contributed by atoms with Gasteiger partial charge in [0.1, 0.15) is 5.69 Å². The molecule has 0 atom stereocenters. The van der Waals surface area contributed by atoms with Crippen LogP contribution in [0.25, 0.3) is 10.6 Å². The lowest BCUT2D eigenvalue weighted by atomic mass is 10.3. The van der Waals surface area contributed by atoms with E-state index in [0.717, 1.165) is 18.1 Å². The average Bonchev–Trinajstić information content (AvgIpc) is 2.74. The van der Waals surface area contributed by atoms with Gasteiger partial charge in [0.2, 0.25) is 0 Å². The molecule has 0 aromatic carbocycles. The predicted octanol–water partition coefficient (Wildman–Crippen LogP) is 3.01. The van der Waals surface area contributed by atoms with Crippen LogP contribution in [0.2, 0.25) is 0 Å². The summed E-state index contributed by atoms with van der Waals surface area (Å²) in [5, 5.41) is 3.21. The molecule has 0 fully saturated rings. The molecule has 0 spiro atoms. The normalized spacial score (nSPS) is 10.4. The molecule has 5 heteroatoms. The third-order valence-electron chi connectivity index (χ3n) is 1.81. The molecule has 2 aromatic heterocycles. The lowest BCUT2D eigenvalue weighted by molar-refractivity contribution is 1.19. The largest absolute Gasteiger partial charge is 0.368 e. The van der Waals surface area contributed by atoms with Gasteiger partial charge in [0.15, 0.2) is 5.82 Å². The van der Waals surface area contributed by atoms with E-state index >= 15 is 0 Å². The Morgan fingerprint density at radius 2 is 2.21 bits per heavy atom. The van der Waals surface area contributed by atoms with E-state index in [4.69, 9.17) is 0 Å². The fraction of sp³-hybridized carbons (Fsp3) is 0.333. The molecule has 0 bridgehead atoms. The van der Waals surface area contributed by atoms with E-state index in [1.165, 1.54) is 21.5 Å². The summed E-state index contributed by atoms with van der Waals surface area (Å²) in [6.07, 6.45) is 0. The molecule has 0 aliphatic heterocycles. The van der Waals surface area contributed by atoms with Gasteiger partial charge >= 0.3 is 0 Å². The Labute approximate surface area is 91.1 Å². The molecule has 0 amide bonds. The van der Waals surface area contributed by atoms with Gasteiger partial charge < -0.3 is 5.32 Å². The van der Waals surface area contributed by atoms with E-state index in [9.17, 15) is 0 Å². The van der Waals surface area contributed by atoms with Crippen LogP contribution in [0, 0.1) is 6.92 Å². The van der Waals surface area contributed by atoms with Gasteiger partial charge in [-0.25, -0.2) is 0 Å². The summed E-state index contributed by atoms with van der Waals surface area (Å²) in [7, 11) is 0. The Morgan fingerprint density at radius 3 is 2.86 bits per heavy atom. The van der Waals surface area contributed by atoms with Crippen LogP contribution < -0.4 is 5.32 Å². The number of thiophene rings is 1. The summed E-state index contributed by atoms with van der Waals surface area (Å²) >= 11 is 3.00. The molecule has 0 radical (unpaired) electrons. The number of nitrogens with one attached hydrogen (secondary N) is 1. The van der Waals surface area contributed by atoms with Crippen molar-refractivity contribution in [3.8, 4) is 10.6 Å². The van der Waals surface area contributed by atoms with Gasteiger partial charge in [-0.2, -0.15) is 8.75 Å². The van der Waals surface area contributed by atoms with E-state index in [1.807, 2.05) is 0 Å². The summed E-state index contributed by atoms with van der Waals surface area (Å²) in [6, 6.07) is 4.20. The minimum absolute atomic E-state index is 0.878. The van der Waals surface area contributed by atoms with E-state index in [-0.39, 0.29) is 0 Å². The first-order valence-electron chi connectivity index (χ1n) is 4.44. The van der Waals surface area contributed by atoms with Gasteiger partial charge in [0.05, 0.1) is 16.6 Å². The summed E-state index contributed by atoms with van der Waals surface area (Å²) in [5.74, 6) is 0.902. The smallest absolute Gasteiger partial charge is 0.168 e. The average molecular weight is 225 g/mol. The van der Waals surface area contributed by atoms with Gasteiger partial charge in [-0.1, -0.05) is 0 Å². The van der Waals surface area contributed by atoms with Crippen LogP contribution in [0.4, 0.5) is 5.82 Å². The fourth-order valence-corrected chi connectivity index (χ4v) is 2.65. The van der Waals surface area contributed by atoms with Crippen molar-refractivity contribution >= 4 is 28.9 Å². The summed E-state index contributed by atoms with van der Waals surface area (Å²) in [5.41, 5.74) is 0.981. The standard InChI is InChI=1S/C9H11N3S2/c1-3-10-9-8(11-14-12-9)7-5-4-6(2)13-7/h4-5H,3H2,1-2H3,(H,10,12). The van der Waals surface area contributed by atoms with Crippen molar-refractivity contribution in [2.75, 3.05) is 11.9 Å². The molecule has 3 nitrogen and oxygen atoms in total. The zero-order valence-corrected chi connectivity index (χ0v) is 9.71. The van der Waals surface area contributed by atoms with Crippen LogP contribution in [0.3, 0.4) is 0 Å². The summed E-state index contributed by atoms with van der Waals surface area (Å²) < 4.78 is 8.51. The topological polar surface area (TPSA) is 37.8 Å². The summed E-state index contributed by atoms with van der Waals surface area (Å²) in [4.78, 5) is 2.49. The van der Waals surface area contributed by atoms with Crippen LogP contribution in [0.15, 0.2) is 12.1 Å². The highest BCUT2D eigenvalue weighted by atomic mass is 32.1. The first-order valence-corrected chi connectivity index (χ1v) is 5.99. The van der Waals surface area contributed by atoms with E-state index in [2.05, 4.69) is 40.0 Å². The lowest BCUT2D eigenvalue weighted by Crippen LogP contribution is -1.97. The third kappa shape index (κ3) is 1.78. The van der Waals surface area contributed by atoms with E-state index in [1.54, 1.807) is 11.3 Å². The third-order valence-corrected chi connectivity index (χ3v) is 3.34. The van der Waals surface area contributed by atoms with Crippen LogP contribution in [-0.4, -0.2) is 15.3 Å². The Morgan fingerprint density at radius 1 is 1.36 bits per heavy atom. The van der Waals surface area contributed by atoms with Crippen LogP contribution >= 0.6 is 23.1 Å². The second kappa shape index (κ2) is 4.06. The number of aromatic nitrogens is 2. The number of hydrogen-bond acceptors (Lipinski definition) is 5. The molecule has 2 rings (SSSR count). The molecule has 14 heavy (non-hydrogen) atoms. The monoisotopic (exact) mass is 225 g/mol. The first-order chi connectivity index (χ1) is 6.81. The lowest BCUT2D eigenvalue weighted by Gasteiger charge is -1.98. The highest BCUT2D eigenvalue weighted by Crippen LogP contribution is 2.31. The van der Waals surface area contributed by atoms with E-state index < -0.39 is 0 Å². The van der Waals surface area contributed by atoms with Crippen LogP contribution in [0.1, 0.15) is 11.8 Å². The maximum atomic E-state index is 4.30. The fourth-order valence-electron chi connectivity index (χ4n) is 1.20. The Hall–Kier alpha value is -0.940. The predicted molar refractivity (Wildman–Crippen MR) is 62.1 cm³/mol. The number of hydrogen-bond donors (Lipinski definition) is 1. The number of anilines is 1. The second-order valence-corrected chi connectivity index (χ2v) is 4.72. The highest BCUT2D eigenvalue weighted by molar-refractivity contribution is 7.15. The molecule has 2 aromatic rings. The molecule has 1 N–H and O–H groups in total. The van der Waals surface area contributed by atoms with Gasteiger partial charge in [0.25, 0.3) is 0 Å². The second-order valence-electron chi connectivity index (χ2n) is 2.90. The van der Waals surface area contributed by atoms with Crippen molar-refractivity contribution in [3.63, 3.8) is 0 Å². The number of rotatable bonds is 3. The van der Waals surface area contributed by atoms with Crippen molar-refractivity contribution in [2.24, 2.45) is 0 Å². The molecule has 0 aliphatic rings. The Kier molecular flexibility index (Phi) is 2.79. The Bertz CT molecular complexity index is 419. The van der Waals surface area contributed by atoms with Crippen LogP contribution in [-0.2, 0) is 0 Å². The zero-order chi connectivity index (χ0) is 9.97. The molecular weight excluding hydrogens is 214 g/mol. The molecule has 2 heterocycles. The molecular formula is C9H11N3S2. The maximum absolute atomic E-state index is 4.30. The zero-order valence-electron chi connectivity index (χ0n) is 8.07. The number of nitrogens with zero attached hydrogens (tertiary/aromatic N) is 2. The highest BCUT2D eigenvalue weighted by Gasteiger charge is 2.10. The molecule has 74 valence electrons. The molecule has 0 unspecified atom stereocenters. The van der Waals surface area contributed by atoms with Gasteiger partial charge in [-0.3, -0.25) is 0 Å². The van der Waals surface area contributed by atoms with Gasteiger partial charge in [-0.15, -0.1) is 11.3 Å². The van der Waals surface area contributed by atoms with Crippen molar-refractivity contribution in [2.45, 2.75) is 13.8 Å². The minimum atomic E-state index is 0.878. The Balaban J connectivity index is 2.36. The SMILES string of the molecule is CCNc1nsnc1-c1ccc(C)s1. The summed E-state index contributed by atoms with van der Waals surface area (Å²) in [6.45, 7) is 5.03. The first kappa shape index (κ1) is 9.61. The minimum Gasteiger partial charge on any atom is -0.368 e. The van der Waals surface area contributed by atoms with Gasteiger partial charge in [-0.05, 0) is 26.0 Å². The van der Waals surface area contributed by atoms with E-state index in [0.29, 0.717) is 0 Å². The molecule has 0 saturated carbocycles. The quantitative estimate of drug-likeness (QED) is 0.872. The number of aryl methyl sites for hydroxylation is 1. The van der Waals surface area contributed by atoms with Crippen molar-refractivity contribution in [1.82, 2.24) is 8.75 Å². The maximum Gasteiger partial charge on any atom is 0.168 e. The van der Waals surface area contributed by atoms with Gasteiger partial charge in [0, 0.05) is 11.4 Å². The van der Waals surface area contributed by atoms with Crippen molar-refractivity contribution in [3.05, 3.63) is 17.0 Å². The molecule has 0 saturated heterocycles. The molecule has 0 aliphatic carbocycles. The van der Waals surface area contributed by atoms with Crippen molar-refractivity contribution in [1.29, 1.82) is 0 Å². The van der Waals surface area contributed by atoms with Crippen molar-refractivity contribution < 1.29 is 0 Å².